The molecule has 1 saturated carbocycles. The summed E-state index contributed by atoms with van der Waals surface area (Å²) in [6.45, 7) is 2.17. The minimum Gasteiger partial charge on any atom is -0.342 e. The van der Waals surface area contributed by atoms with E-state index in [1.165, 1.54) is 17.7 Å². The Balaban J connectivity index is 1.34. The van der Waals surface area contributed by atoms with Crippen LogP contribution in [0.4, 0.5) is 4.39 Å². The van der Waals surface area contributed by atoms with E-state index in [1.54, 1.807) is 24.3 Å². The molecule has 0 radical (unpaired) electrons. The number of pyridine rings is 1. The van der Waals surface area contributed by atoms with Gasteiger partial charge >= 0.3 is 0 Å². The van der Waals surface area contributed by atoms with Crippen LogP contribution in [0.25, 0.3) is 21.9 Å². The average molecular weight is 453 g/mol. The minimum absolute atomic E-state index is 0.0781. The standard InChI is InChI=1S/C24H25FN4O2S/c1-14(24-28-22-9-7-18(32(26,30)31)13-23(22)29-24)15-2-4-16(5-3-15)19-10-11-27-21-8-6-17(25)12-20(19)21/h6-16H,2-5H2,1H3,(H,28,29)(H2,26,30,31)/t14-,15?,16?/m1/s1. The Morgan fingerprint density at radius 1 is 1.06 bits per heavy atom. The fourth-order valence-corrected chi connectivity index (χ4v) is 5.59. The van der Waals surface area contributed by atoms with Gasteiger partial charge in [0.1, 0.15) is 11.6 Å². The number of nitrogens with one attached hydrogen (secondary N) is 1. The Bertz CT molecular complexity index is 1410. The predicted octanol–water partition coefficient (Wildman–Crippen LogP) is 4.98. The number of benzene rings is 2. The van der Waals surface area contributed by atoms with Crippen LogP contribution in [-0.2, 0) is 10.0 Å². The van der Waals surface area contributed by atoms with E-state index in [4.69, 9.17) is 10.1 Å². The lowest BCUT2D eigenvalue weighted by molar-refractivity contribution is 0.286. The van der Waals surface area contributed by atoms with Crippen molar-refractivity contribution in [3.05, 3.63) is 65.9 Å². The number of hydrogen-bond donors (Lipinski definition) is 2. The molecule has 0 aliphatic heterocycles. The van der Waals surface area contributed by atoms with E-state index in [1.807, 2.05) is 12.3 Å². The number of sulfonamides is 1. The number of hydrogen-bond acceptors (Lipinski definition) is 4. The maximum Gasteiger partial charge on any atom is 0.238 e. The number of nitrogens with zero attached hydrogens (tertiary/aromatic N) is 2. The molecule has 1 atom stereocenters. The Hall–Kier alpha value is -2.84. The van der Waals surface area contributed by atoms with Gasteiger partial charge in [-0.25, -0.2) is 22.9 Å². The van der Waals surface area contributed by atoms with Gasteiger partial charge in [0.2, 0.25) is 10.0 Å². The van der Waals surface area contributed by atoms with Crippen molar-refractivity contribution < 1.29 is 12.8 Å². The lowest BCUT2D eigenvalue weighted by Gasteiger charge is -2.32. The molecule has 166 valence electrons. The van der Waals surface area contributed by atoms with Crippen LogP contribution >= 0.6 is 0 Å². The maximum absolute atomic E-state index is 13.8. The van der Waals surface area contributed by atoms with Crippen molar-refractivity contribution in [2.75, 3.05) is 0 Å². The van der Waals surface area contributed by atoms with Crippen molar-refractivity contribution in [2.45, 2.75) is 49.3 Å². The maximum atomic E-state index is 13.8. The summed E-state index contributed by atoms with van der Waals surface area (Å²) >= 11 is 0. The van der Waals surface area contributed by atoms with E-state index in [0.29, 0.717) is 17.4 Å². The third kappa shape index (κ3) is 3.89. The molecule has 6 nitrogen and oxygen atoms in total. The molecular formula is C24H25FN4O2S. The molecule has 1 fully saturated rings. The van der Waals surface area contributed by atoms with Gasteiger partial charge < -0.3 is 4.98 Å². The highest BCUT2D eigenvalue weighted by Crippen LogP contribution is 2.43. The second kappa shape index (κ2) is 7.94. The first-order valence-corrected chi connectivity index (χ1v) is 12.4. The number of primary sulfonamides is 1. The van der Waals surface area contributed by atoms with E-state index >= 15 is 0 Å². The number of halogens is 1. The largest absolute Gasteiger partial charge is 0.342 e. The molecule has 0 unspecified atom stereocenters. The van der Waals surface area contributed by atoms with Crippen molar-refractivity contribution in [1.82, 2.24) is 15.0 Å². The summed E-state index contributed by atoms with van der Waals surface area (Å²) in [6, 6.07) is 11.5. The summed E-state index contributed by atoms with van der Waals surface area (Å²) in [6.07, 6.45) is 5.96. The van der Waals surface area contributed by atoms with Crippen molar-refractivity contribution in [3.63, 3.8) is 0 Å². The predicted molar refractivity (Wildman–Crippen MR) is 122 cm³/mol. The lowest BCUT2D eigenvalue weighted by atomic mass is 9.73. The number of aromatic nitrogens is 3. The van der Waals surface area contributed by atoms with Gasteiger partial charge in [0.25, 0.3) is 0 Å². The Morgan fingerprint density at radius 3 is 2.56 bits per heavy atom. The molecular weight excluding hydrogens is 427 g/mol. The van der Waals surface area contributed by atoms with Gasteiger partial charge in [0, 0.05) is 17.5 Å². The van der Waals surface area contributed by atoms with E-state index in [2.05, 4.69) is 16.9 Å². The van der Waals surface area contributed by atoms with Crippen LogP contribution < -0.4 is 5.14 Å². The summed E-state index contributed by atoms with van der Waals surface area (Å²) in [4.78, 5) is 12.5. The van der Waals surface area contributed by atoms with Crippen LogP contribution in [-0.4, -0.2) is 23.4 Å². The zero-order valence-electron chi connectivity index (χ0n) is 17.8. The third-order valence-electron chi connectivity index (χ3n) is 6.89. The molecule has 0 saturated heterocycles. The molecule has 1 aliphatic rings. The molecule has 2 aromatic heterocycles. The molecule has 8 heteroatoms. The zero-order valence-corrected chi connectivity index (χ0v) is 18.6. The number of rotatable bonds is 4. The van der Waals surface area contributed by atoms with Crippen molar-refractivity contribution in [3.8, 4) is 0 Å². The molecule has 2 heterocycles. The Labute approximate surface area is 186 Å². The Morgan fingerprint density at radius 2 is 1.81 bits per heavy atom. The van der Waals surface area contributed by atoms with Crippen molar-refractivity contribution in [1.29, 1.82) is 0 Å². The fraction of sp³-hybridized carbons (Fsp3) is 0.333. The van der Waals surface area contributed by atoms with Crippen LogP contribution in [0, 0.1) is 11.7 Å². The van der Waals surface area contributed by atoms with Gasteiger partial charge in [-0.2, -0.15) is 0 Å². The minimum atomic E-state index is -3.75. The number of imidazole rings is 1. The normalized spacial score (nSPS) is 20.6. The SMILES string of the molecule is C[C@@H](c1nc2ccc(S(N)(=O)=O)cc2[nH]1)C1CCC(c2ccnc3ccc(F)cc23)CC1. The van der Waals surface area contributed by atoms with Crippen molar-refractivity contribution >= 4 is 32.0 Å². The molecule has 1 aliphatic carbocycles. The molecule has 32 heavy (non-hydrogen) atoms. The first-order valence-electron chi connectivity index (χ1n) is 10.9. The molecule has 0 amide bonds. The zero-order chi connectivity index (χ0) is 22.5. The molecule has 5 rings (SSSR count). The van der Waals surface area contributed by atoms with Crippen LogP contribution in [0.1, 0.15) is 55.8 Å². The molecule has 2 aromatic carbocycles. The van der Waals surface area contributed by atoms with E-state index < -0.39 is 10.0 Å². The van der Waals surface area contributed by atoms with E-state index in [-0.39, 0.29) is 16.6 Å². The summed E-state index contributed by atoms with van der Waals surface area (Å²) in [7, 11) is -3.75. The monoisotopic (exact) mass is 452 g/mol. The molecule has 0 bridgehead atoms. The van der Waals surface area contributed by atoms with E-state index in [9.17, 15) is 12.8 Å². The lowest BCUT2D eigenvalue weighted by Crippen LogP contribution is -2.19. The second-order valence-electron chi connectivity index (χ2n) is 8.81. The Kier molecular flexibility index (Phi) is 5.22. The average Bonchev–Trinajstić information content (AvgIpc) is 3.21. The quantitative estimate of drug-likeness (QED) is 0.456. The van der Waals surface area contributed by atoms with E-state index in [0.717, 1.165) is 47.9 Å². The fourth-order valence-electron chi connectivity index (χ4n) is 5.05. The summed E-state index contributed by atoms with van der Waals surface area (Å²) in [5.74, 6) is 1.71. The summed E-state index contributed by atoms with van der Waals surface area (Å²) in [5.41, 5.74) is 3.43. The number of nitrogens with two attached hydrogens (primary N) is 1. The van der Waals surface area contributed by atoms with Crippen LogP contribution in [0.15, 0.2) is 53.6 Å². The molecule has 3 N–H and O–H groups in total. The highest BCUT2D eigenvalue weighted by Gasteiger charge is 2.29. The van der Waals surface area contributed by atoms with Crippen LogP contribution in [0.3, 0.4) is 0 Å². The van der Waals surface area contributed by atoms with Gasteiger partial charge in [-0.05, 0) is 85.5 Å². The number of aromatic amines is 1. The summed E-state index contributed by atoms with van der Waals surface area (Å²) in [5, 5.41) is 6.16. The smallest absolute Gasteiger partial charge is 0.238 e. The van der Waals surface area contributed by atoms with Gasteiger partial charge in [0.05, 0.1) is 21.4 Å². The van der Waals surface area contributed by atoms with Gasteiger partial charge in [-0.3, -0.25) is 4.98 Å². The second-order valence-corrected chi connectivity index (χ2v) is 10.4. The van der Waals surface area contributed by atoms with Gasteiger partial charge in [-0.1, -0.05) is 6.92 Å². The first-order chi connectivity index (χ1) is 15.3. The first kappa shape index (κ1) is 21.0. The van der Waals surface area contributed by atoms with Crippen molar-refractivity contribution in [2.24, 2.45) is 11.1 Å². The van der Waals surface area contributed by atoms with Gasteiger partial charge in [0.15, 0.2) is 0 Å². The number of fused-ring (bicyclic) bond motifs is 2. The highest BCUT2D eigenvalue weighted by atomic mass is 32.2. The number of H-pyrrole nitrogens is 1. The summed E-state index contributed by atoms with van der Waals surface area (Å²) < 4.78 is 37.1. The molecule has 4 aromatic rings. The third-order valence-corrected chi connectivity index (χ3v) is 7.80. The van der Waals surface area contributed by atoms with Gasteiger partial charge in [-0.15, -0.1) is 0 Å². The topological polar surface area (TPSA) is 102 Å². The van der Waals surface area contributed by atoms with Crippen LogP contribution in [0.5, 0.6) is 0 Å². The molecule has 0 spiro atoms. The van der Waals surface area contributed by atoms with Crippen LogP contribution in [0.2, 0.25) is 0 Å². The highest BCUT2D eigenvalue weighted by molar-refractivity contribution is 7.89.